The highest BCUT2D eigenvalue weighted by Gasteiger charge is 2.32. The maximum absolute atomic E-state index is 14.0. The number of anilines is 1. The first-order chi connectivity index (χ1) is 19.7. The molecule has 0 fully saturated rings. The normalized spacial score (nSPS) is 12.5. The van der Waals surface area contributed by atoms with Gasteiger partial charge in [0.25, 0.3) is 0 Å². The van der Waals surface area contributed by atoms with Gasteiger partial charge in [-0.3, -0.25) is 13.9 Å². The maximum Gasteiger partial charge on any atom is 0.243 e. The van der Waals surface area contributed by atoms with Crippen LogP contribution >= 0.6 is 0 Å². The summed E-state index contributed by atoms with van der Waals surface area (Å²) in [5, 5.41) is 3.08. The van der Waals surface area contributed by atoms with Crippen LogP contribution in [0, 0.1) is 20.8 Å². The fourth-order valence-electron chi connectivity index (χ4n) is 4.95. The quantitative estimate of drug-likeness (QED) is 0.292. The van der Waals surface area contributed by atoms with E-state index in [0.29, 0.717) is 18.5 Å². The van der Waals surface area contributed by atoms with E-state index in [4.69, 9.17) is 0 Å². The fraction of sp³-hybridized carbons (Fsp3) is 0.412. The van der Waals surface area contributed by atoms with Gasteiger partial charge in [-0.15, -0.1) is 0 Å². The Morgan fingerprint density at radius 1 is 0.881 bits per heavy atom. The van der Waals surface area contributed by atoms with E-state index in [0.717, 1.165) is 27.8 Å². The van der Waals surface area contributed by atoms with Crippen molar-refractivity contribution >= 4 is 27.5 Å². The lowest BCUT2D eigenvalue weighted by atomic mass is 9.99. The van der Waals surface area contributed by atoms with Crippen LogP contribution < -0.4 is 9.62 Å². The predicted molar refractivity (Wildman–Crippen MR) is 171 cm³/mol. The number of benzene rings is 3. The number of rotatable bonds is 12. The molecule has 0 aliphatic rings. The van der Waals surface area contributed by atoms with Gasteiger partial charge in [-0.1, -0.05) is 66.7 Å². The van der Waals surface area contributed by atoms with Crippen LogP contribution in [0.4, 0.5) is 5.69 Å². The van der Waals surface area contributed by atoms with Crippen LogP contribution in [-0.2, 0) is 32.6 Å². The molecule has 3 rings (SSSR count). The molecule has 1 N–H and O–H groups in total. The van der Waals surface area contributed by atoms with Gasteiger partial charge < -0.3 is 10.2 Å². The van der Waals surface area contributed by atoms with Crippen LogP contribution in [0.15, 0.2) is 72.8 Å². The highest BCUT2D eigenvalue weighted by atomic mass is 32.2. The van der Waals surface area contributed by atoms with Crippen molar-refractivity contribution in [1.29, 1.82) is 0 Å². The smallest absolute Gasteiger partial charge is 0.243 e. The SMILES string of the molecule is Cc1ccc(C)c(N(CCCC(=O)N(Cc2ccccc2C)[C@H](Cc2ccccc2)C(=O)NC(C)(C)C)S(C)(=O)=O)c1. The van der Waals surface area contributed by atoms with Crippen LogP contribution in [0.3, 0.4) is 0 Å². The Morgan fingerprint density at radius 3 is 2.14 bits per heavy atom. The molecule has 0 bridgehead atoms. The minimum Gasteiger partial charge on any atom is -0.350 e. The van der Waals surface area contributed by atoms with Crippen LogP contribution in [0.5, 0.6) is 0 Å². The monoisotopic (exact) mass is 591 g/mol. The van der Waals surface area contributed by atoms with E-state index in [1.54, 1.807) is 4.90 Å². The Kier molecular flexibility index (Phi) is 11.0. The summed E-state index contributed by atoms with van der Waals surface area (Å²) in [4.78, 5) is 29.5. The number of hydrogen-bond acceptors (Lipinski definition) is 4. The van der Waals surface area contributed by atoms with E-state index >= 15 is 0 Å². The average Bonchev–Trinajstić information content (AvgIpc) is 2.90. The summed E-state index contributed by atoms with van der Waals surface area (Å²) in [7, 11) is -3.58. The molecular weight excluding hydrogens is 546 g/mol. The van der Waals surface area contributed by atoms with E-state index in [1.165, 1.54) is 10.6 Å². The molecule has 1 atom stereocenters. The molecule has 3 aromatic carbocycles. The summed E-state index contributed by atoms with van der Waals surface area (Å²) in [5.74, 6) is -0.418. The third-order valence-electron chi connectivity index (χ3n) is 7.16. The van der Waals surface area contributed by atoms with Crippen LogP contribution in [-0.4, -0.2) is 49.5 Å². The highest BCUT2D eigenvalue weighted by molar-refractivity contribution is 7.92. The molecule has 226 valence electrons. The maximum atomic E-state index is 14.0. The van der Waals surface area contributed by atoms with E-state index in [9.17, 15) is 18.0 Å². The van der Waals surface area contributed by atoms with Gasteiger partial charge in [0.2, 0.25) is 21.8 Å². The number of hydrogen-bond donors (Lipinski definition) is 1. The van der Waals surface area contributed by atoms with E-state index in [1.807, 2.05) is 114 Å². The van der Waals surface area contributed by atoms with Gasteiger partial charge in [-0.25, -0.2) is 8.42 Å². The van der Waals surface area contributed by atoms with E-state index in [2.05, 4.69) is 5.32 Å². The number of carbonyl (C=O) groups is 2. The summed E-state index contributed by atoms with van der Waals surface area (Å²) in [6, 6.07) is 22.5. The van der Waals surface area contributed by atoms with Crippen LogP contribution in [0.1, 0.15) is 61.4 Å². The minimum atomic E-state index is -3.58. The molecule has 0 aliphatic carbocycles. The Labute approximate surface area is 252 Å². The topological polar surface area (TPSA) is 86.8 Å². The molecule has 0 aromatic heterocycles. The van der Waals surface area contributed by atoms with Gasteiger partial charge >= 0.3 is 0 Å². The zero-order valence-electron chi connectivity index (χ0n) is 26.0. The first-order valence-electron chi connectivity index (χ1n) is 14.4. The van der Waals surface area contributed by atoms with Crippen molar-refractivity contribution in [1.82, 2.24) is 10.2 Å². The molecule has 0 heterocycles. The lowest BCUT2D eigenvalue weighted by Gasteiger charge is -2.34. The van der Waals surface area contributed by atoms with Crippen LogP contribution in [0.25, 0.3) is 0 Å². The highest BCUT2D eigenvalue weighted by Crippen LogP contribution is 2.25. The molecule has 0 spiro atoms. The molecule has 0 unspecified atom stereocenters. The Morgan fingerprint density at radius 2 is 1.52 bits per heavy atom. The third-order valence-corrected chi connectivity index (χ3v) is 8.34. The van der Waals surface area contributed by atoms with Gasteiger partial charge in [0.05, 0.1) is 11.9 Å². The molecule has 3 aromatic rings. The molecule has 0 saturated heterocycles. The molecule has 8 heteroatoms. The zero-order chi connectivity index (χ0) is 31.1. The minimum absolute atomic E-state index is 0.0941. The Hall–Kier alpha value is -3.65. The number of nitrogens with one attached hydrogen (secondary N) is 1. The fourth-order valence-corrected chi connectivity index (χ4v) is 5.96. The summed E-state index contributed by atoms with van der Waals surface area (Å²) >= 11 is 0. The van der Waals surface area contributed by atoms with E-state index in [-0.39, 0.29) is 31.3 Å². The van der Waals surface area contributed by atoms with Crippen molar-refractivity contribution in [2.24, 2.45) is 0 Å². The third kappa shape index (κ3) is 9.44. The molecule has 0 saturated carbocycles. The average molecular weight is 592 g/mol. The number of sulfonamides is 1. The van der Waals surface area contributed by atoms with Crippen molar-refractivity contribution in [2.45, 2.75) is 78.9 Å². The Balaban J connectivity index is 1.93. The van der Waals surface area contributed by atoms with Crippen molar-refractivity contribution in [2.75, 3.05) is 17.1 Å². The zero-order valence-corrected chi connectivity index (χ0v) is 26.8. The lowest BCUT2D eigenvalue weighted by molar-refractivity contribution is -0.142. The van der Waals surface area contributed by atoms with E-state index < -0.39 is 21.6 Å². The summed E-state index contributed by atoms with van der Waals surface area (Å²) in [5.41, 5.74) is 4.88. The first-order valence-corrected chi connectivity index (χ1v) is 16.3. The molecule has 42 heavy (non-hydrogen) atoms. The summed E-state index contributed by atoms with van der Waals surface area (Å²) < 4.78 is 27.0. The second kappa shape index (κ2) is 14.0. The number of nitrogens with zero attached hydrogens (tertiary/aromatic N) is 2. The van der Waals surface area contributed by atoms with Crippen molar-refractivity contribution < 1.29 is 18.0 Å². The molecular formula is C34H45N3O4S. The number of aryl methyl sites for hydroxylation is 3. The summed E-state index contributed by atoms with van der Waals surface area (Å²) in [6.07, 6.45) is 1.95. The van der Waals surface area contributed by atoms with Gasteiger partial charge in [0.1, 0.15) is 6.04 Å². The second-order valence-corrected chi connectivity index (χ2v) is 14.0. The first kappa shape index (κ1) is 32.9. The predicted octanol–water partition coefficient (Wildman–Crippen LogP) is 5.71. The molecule has 0 radical (unpaired) electrons. The standard InChI is InChI=1S/C34H45N3O4S/c1-25-19-20-27(3)30(22-25)37(42(7,40)41)21-13-18-32(38)36(24-29-17-12-11-14-26(29)2)31(33(39)35-34(4,5)6)23-28-15-9-8-10-16-28/h8-12,14-17,19-20,22,31H,13,18,21,23-24H2,1-7H3,(H,35,39)/t31-/m1/s1. The summed E-state index contributed by atoms with van der Waals surface area (Å²) in [6.45, 7) is 12.0. The number of carbonyl (C=O) groups excluding carboxylic acids is 2. The van der Waals surface area contributed by atoms with Crippen LogP contribution in [0.2, 0.25) is 0 Å². The van der Waals surface area contributed by atoms with Gasteiger partial charge in [0, 0.05) is 31.5 Å². The second-order valence-electron chi connectivity index (χ2n) is 12.1. The van der Waals surface area contributed by atoms with Crippen molar-refractivity contribution in [3.63, 3.8) is 0 Å². The molecule has 7 nitrogen and oxygen atoms in total. The van der Waals surface area contributed by atoms with Gasteiger partial charge in [-0.05, 0) is 81.8 Å². The van der Waals surface area contributed by atoms with Gasteiger partial charge in [-0.2, -0.15) is 0 Å². The van der Waals surface area contributed by atoms with Gasteiger partial charge in [0.15, 0.2) is 0 Å². The van der Waals surface area contributed by atoms with Crippen molar-refractivity contribution in [3.05, 3.63) is 101 Å². The molecule has 2 amide bonds. The molecule has 0 aliphatic heterocycles. The lowest BCUT2D eigenvalue weighted by Crippen LogP contribution is -2.54. The van der Waals surface area contributed by atoms with Crippen molar-refractivity contribution in [3.8, 4) is 0 Å². The number of amides is 2. The largest absolute Gasteiger partial charge is 0.350 e. The Bertz CT molecular complexity index is 1480.